The average molecular weight is 235 g/mol. The van der Waals surface area contributed by atoms with Crippen LogP contribution in [0.15, 0.2) is 47.6 Å². The first-order valence-electron chi connectivity index (χ1n) is 4.97. The van der Waals surface area contributed by atoms with Crippen molar-refractivity contribution in [2.75, 3.05) is 11.5 Å². The third-order valence-corrected chi connectivity index (χ3v) is 3.52. The van der Waals surface area contributed by atoms with E-state index in [1.54, 1.807) is 23.0 Å². The Bertz CT molecular complexity index is 482. The van der Waals surface area contributed by atoms with Crippen molar-refractivity contribution in [1.29, 1.82) is 0 Å². The Labute approximate surface area is 96.5 Å². The van der Waals surface area contributed by atoms with Gasteiger partial charge >= 0.3 is 0 Å². The lowest BCUT2D eigenvalue weighted by atomic mass is 10.3. The Morgan fingerprint density at radius 1 is 1.38 bits per heavy atom. The summed E-state index contributed by atoms with van der Waals surface area (Å²) >= 11 is 0. The van der Waals surface area contributed by atoms with Crippen molar-refractivity contribution in [1.82, 2.24) is 9.78 Å². The third kappa shape index (κ3) is 2.70. The largest absolute Gasteiger partial charge is 0.399 e. The Hall–Kier alpha value is -1.62. The van der Waals surface area contributed by atoms with Crippen LogP contribution < -0.4 is 5.73 Å². The van der Waals surface area contributed by atoms with Gasteiger partial charge in [0.2, 0.25) is 0 Å². The molecule has 5 heteroatoms. The summed E-state index contributed by atoms with van der Waals surface area (Å²) in [5.74, 6) is 0.547. The van der Waals surface area contributed by atoms with Crippen molar-refractivity contribution in [2.24, 2.45) is 0 Å². The lowest BCUT2D eigenvalue weighted by Gasteiger charge is -2.03. The summed E-state index contributed by atoms with van der Waals surface area (Å²) in [5.41, 5.74) is 6.28. The van der Waals surface area contributed by atoms with E-state index in [1.807, 2.05) is 24.4 Å². The first kappa shape index (κ1) is 10.9. The molecular formula is C11H13N3OS. The van der Waals surface area contributed by atoms with Gasteiger partial charge in [-0.2, -0.15) is 5.10 Å². The smallest absolute Gasteiger partial charge is 0.0549 e. The lowest BCUT2D eigenvalue weighted by molar-refractivity contribution is 0.644. The summed E-state index contributed by atoms with van der Waals surface area (Å²) in [4.78, 5) is 0.771. The number of nitrogen functional groups attached to an aromatic ring is 1. The number of hydrogen-bond donors (Lipinski definition) is 1. The van der Waals surface area contributed by atoms with Crippen molar-refractivity contribution >= 4 is 16.5 Å². The summed E-state index contributed by atoms with van der Waals surface area (Å²) in [7, 11) is -1.02. The molecule has 0 aliphatic carbocycles. The summed E-state index contributed by atoms with van der Waals surface area (Å²) in [6, 6.07) is 9.03. The minimum absolute atomic E-state index is 0.547. The minimum Gasteiger partial charge on any atom is -0.399 e. The number of nitrogens with zero attached hydrogens (tertiary/aromatic N) is 2. The fourth-order valence-corrected chi connectivity index (χ4v) is 2.47. The highest BCUT2D eigenvalue weighted by atomic mass is 32.2. The van der Waals surface area contributed by atoms with Gasteiger partial charge in [0.05, 0.1) is 17.3 Å². The van der Waals surface area contributed by atoms with Gasteiger partial charge in [-0.15, -0.1) is 0 Å². The molecule has 0 spiro atoms. The second-order valence-corrected chi connectivity index (χ2v) is 4.96. The molecule has 1 unspecified atom stereocenters. The van der Waals surface area contributed by atoms with E-state index in [0.29, 0.717) is 18.0 Å². The molecule has 0 aliphatic heterocycles. The minimum atomic E-state index is -1.02. The van der Waals surface area contributed by atoms with Gasteiger partial charge in [-0.25, -0.2) is 0 Å². The van der Waals surface area contributed by atoms with Crippen LogP contribution in [-0.4, -0.2) is 19.7 Å². The van der Waals surface area contributed by atoms with E-state index in [2.05, 4.69) is 5.10 Å². The molecular weight excluding hydrogens is 222 g/mol. The molecule has 0 bridgehead atoms. The number of hydrogen-bond acceptors (Lipinski definition) is 3. The third-order valence-electron chi connectivity index (χ3n) is 2.19. The molecule has 0 saturated carbocycles. The summed E-state index contributed by atoms with van der Waals surface area (Å²) in [5, 5.41) is 4.06. The predicted octanol–water partition coefficient (Wildman–Crippen LogP) is 1.27. The zero-order chi connectivity index (χ0) is 11.4. The highest BCUT2D eigenvalue weighted by Gasteiger charge is 2.04. The van der Waals surface area contributed by atoms with Gasteiger partial charge in [0.1, 0.15) is 0 Å². The number of anilines is 1. The molecule has 16 heavy (non-hydrogen) atoms. The van der Waals surface area contributed by atoms with E-state index in [1.165, 1.54) is 0 Å². The van der Waals surface area contributed by atoms with E-state index in [9.17, 15) is 4.21 Å². The van der Waals surface area contributed by atoms with E-state index >= 15 is 0 Å². The number of rotatable bonds is 4. The van der Waals surface area contributed by atoms with Gasteiger partial charge in [-0.3, -0.25) is 8.89 Å². The predicted molar refractivity (Wildman–Crippen MR) is 64.4 cm³/mol. The lowest BCUT2D eigenvalue weighted by Crippen LogP contribution is -2.08. The fraction of sp³-hybridized carbons (Fsp3) is 0.182. The van der Waals surface area contributed by atoms with Crippen molar-refractivity contribution in [3.63, 3.8) is 0 Å². The molecule has 0 radical (unpaired) electrons. The van der Waals surface area contributed by atoms with Crippen LogP contribution in [0.5, 0.6) is 0 Å². The van der Waals surface area contributed by atoms with Crippen LogP contribution in [0.2, 0.25) is 0 Å². The van der Waals surface area contributed by atoms with Crippen LogP contribution in [0, 0.1) is 0 Å². The molecule has 4 nitrogen and oxygen atoms in total. The number of benzene rings is 1. The maximum absolute atomic E-state index is 11.9. The molecule has 2 rings (SSSR count). The monoisotopic (exact) mass is 235 g/mol. The molecule has 0 amide bonds. The van der Waals surface area contributed by atoms with Crippen molar-refractivity contribution in [2.45, 2.75) is 11.4 Å². The number of aromatic nitrogens is 2. The number of nitrogens with two attached hydrogens (primary N) is 1. The SMILES string of the molecule is Nc1cccc(S(=O)CCn2cccn2)c1. The molecule has 1 aromatic heterocycles. The summed E-state index contributed by atoms with van der Waals surface area (Å²) < 4.78 is 13.7. The second-order valence-electron chi connectivity index (χ2n) is 3.39. The average Bonchev–Trinajstić information content (AvgIpc) is 2.78. The van der Waals surface area contributed by atoms with Gasteiger partial charge in [0.25, 0.3) is 0 Å². The van der Waals surface area contributed by atoms with E-state index in [-0.39, 0.29) is 0 Å². The Kier molecular flexibility index (Phi) is 3.36. The van der Waals surface area contributed by atoms with Crippen LogP contribution >= 0.6 is 0 Å². The Balaban J connectivity index is 1.98. The molecule has 84 valence electrons. The standard InChI is InChI=1S/C11H13N3OS/c12-10-3-1-4-11(9-10)16(15)8-7-14-6-2-5-13-14/h1-6,9H,7-8,12H2. The highest BCUT2D eigenvalue weighted by molar-refractivity contribution is 7.85. The molecule has 2 N–H and O–H groups in total. The van der Waals surface area contributed by atoms with Crippen LogP contribution in [-0.2, 0) is 17.3 Å². The van der Waals surface area contributed by atoms with E-state index < -0.39 is 10.8 Å². The van der Waals surface area contributed by atoms with Gasteiger partial charge in [-0.1, -0.05) is 6.07 Å². The molecule has 1 atom stereocenters. The molecule has 1 aromatic carbocycles. The molecule has 1 heterocycles. The van der Waals surface area contributed by atoms with Crippen molar-refractivity contribution in [3.05, 3.63) is 42.7 Å². The molecule has 2 aromatic rings. The zero-order valence-electron chi connectivity index (χ0n) is 8.74. The van der Waals surface area contributed by atoms with E-state index in [4.69, 9.17) is 5.73 Å². The summed E-state index contributed by atoms with van der Waals surface area (Å²) in [6.45, 7) is 0.647. The number of aryl methyl sites for hydroxylation is 1. The maximum Gasteiger partial charge on any atom is 0.0549 e. The van der Waals surface area contributed by atoms with Crippen molar-refractivity contribution < 1.29 is 4.21 Å². The van der Waals surface area contributed by atoms with Gasteiger partial charge in [0.15, 0.2) is 0 Å². The molecule has 0 aliphatic rings. The molecule has 0 saturated heterocycles. The van der Waals surface area contributed by atoms with E-state index in [0.717, 1.165) is 4.90 Å². The zero-order valence-corrected chi connectivity index (χ0v) is 9.56. The van der Waals surface area contributed by atoms with Crippen LogP contribution in [0.1, 0.15) is 0 Å². The van der Waals surface area contributed by atoms with Gasteiger partial charge in [0, 0.05) is 28.7 Å². The maximum atomic E-state index is 11.9. The van der Waals surface area contributed by atoms with Crippen molar-refractivity contribution in [3.8, 4) is 0 Å². The highest BCUT2D eigenvalue weighted by Crippen LogP contribution is 2.11. The summed E-state index contributed by atoms with van der Waals surface area (Å²) in [6.07, 6.45) is 3.57. The van der Waals surface area contributed by atoms with Crippen LogP contribution in [0.4, 0.5) is 5.69 Å². The second kappa shape index (κ2) is 4.94. The van der Waals surface area contributed by atoms with Crippen LogP contribution in [0.3, 0.4) is 0 Å². The quantitative estimate of drug-likeness (QED) is 0.812. The Morgan fingerprint density at radius 2 is 2.25 bits per heavy atom. The van der Waals surface area contributed by atoms with Gasteiger partial charge in [-0.05, 0) is 24.3 Å². The first-order valence-corrected chi connectivity index (χ1v) is 6.29. The van der Waals surface area contributed by atoms with Crippen LogP contribution in [0.25, 0.3) is 0 Å². The fourth-order valence-electron chi connectivity index (χ4n) is 1.38. The molecule has 0 fully saturated rings. The Morgan fingerprint density at radius 3 is 2.94 bits per heavy atom. The van der Waals surface area contributed by atoms with Gasteiger partial charge < -0.3 is 5.73 Å². The normalized spacial score (nSPS) is 12.5. The first-order chi connectivity index (χ1) is 7.75. The topological polar surface area (TPSA) is 60.9 Å².